The fourth-order valence-electron chi connectivity index (χ4n) is 2.77. The number of nitrogens with zero attached hydrogens (tertiary/aromatic N) is 3. The van der Waals surface area contributed by atoms with Gasteiger partial charge in [-0.05, 0) is 37.8 Å². The van der Waals surface area contributed by atoms with Gasteiger partial charge in [-0.3, -0.25) is 14.2 Å². The predicted molar refractivity (Wildman–Crippen MR) is 103 cm³/mol. The standard InChI is InChI=1S/C18H21N3O2S2/c1-4-20(10-14-6-5-9-24-14)15(22)7-8-21-11-19-17-16(18(21)23)12(2)13(3)25-17/h5-6,9,11H,4,7-8,10H2,1-3H3. The molecule has 0 aliphatic heterocycles. The minimum absolute atomic E-state index is 0.0547. The Kier molecular flexibility index (Phi) is 5.34. The van der Waals surface area contributed by atoms with Crippen molar-refractivity contribution in [1.29, 1.82) is 0 Å². The largest absolute Gasteiger partial charge is 0.338 e. The molecule has 25 heavy (non-hydrogen) atoms. The molecule has 3 heterocycles. The van der Waals surface area contributed by atoms with Crippen LogP contribution in [0.5, 0.6) is 0 Å². The molecule has 5 nitrogen and oxygen atoms in total. The first kappa shape index (κ1) is 17.8. The van der Waals surface area contributed by atoms with Crippen LogP contribution in [0, 0.1) is 13.8 Å². The molecular formula is C18H21N3O2S2. The van der Waals surface area contributed by atoms with Crippen LogP contribution in [0.15, 0.2) is 28.6 Å². The molecule has 0 spiro atoms. The Labute approximate surface area is 154 Å². The van der Waals surface area contributed by atoms with Crippen LogP contribution in [-0.2, 0) is 17.9 Å². The molecule has 0 aliphatic carbocycles. The predicted octanol–water partition coefficient (Wildman–Crippen LogP) is 3.58. The van der Waals surface area contributed by atoms with Crippen molar-refractivity contribution in [3.63, 3.8) is 0 Å². The van der Waals surface area contributed by atoms with Crippen LogP contribution in [0.25, 0.3) is 10.2 Å². The number of rotatable bonds is 6. The zero-order valence-electron chi connectivity index (χ0n) is 14.6. The van der Waals surface area contributed by atoms with Crippen molar-refractivity contribution in [2.75, 3.05) is 6.54 Å². The maximum atomic E-state index is 12.7. The Hall–Kier alpha value is -1.99. The number of aromatic nitrogens is 2. The molecule has 0 fully saturated rings. The third kappa shape index (κ3) is 3.67. The molecule has 0 unspecified atom stereocenters. The van der Waals surface area contributed by atoms with Gasteiger partial charge in [0.25, 0.3) is 5.56 Å². The van der Waals surface area contributed by atoms with E-state index in [0.29, 0.717) is 31.4 Å². The lowest BCUT2D eigenvalue weighted by molar-refractivity contribution is -0.131. The molecule has 0 N–H and O–H groups in total. The van der Waals surface area contributed by atoms with Gasteiger partial charge in [0.15, 0.2) is 0 Å². The van der Waals surface area contributed by atoms with E-state index >= 15 is 0 Å². The van der Waals surface area contributed by atoms with Crippen LogP contribution in [0.4, 0.5) is 0 Å². The van der Waals surface area contributed by atoms with Crippen molar-refractivity contribution >= 4 is 38.8 Å². The van der Waals surface area contributed by atoms with E-state index in [-0.39, 0.29) is 11.5 Å². The van der Waals surface area contributed by atoms with Gasteiger partial charge in [-0.2, -0.15) is 0 Å². The van der Waals surface area contributed by atoms with Crippen LogP contribution in [0.2, 0.25) is 0 Å². The summed E-state index contributed by atoms with van der Waals surface area (Å²) >= 11 is 3.19. The molecule has 0 saturated heterocycles. The Morgan fingerprint density at radius 2 is 2.16 bits per heavy atom. The molecule has 3 rings (SSSR count). The monoisotopic (exact) mass is 375 g/mol. The summed E-state index contributed by atoms with van der Waals surface area (Å²) in [4.78, 5) is 34.5. The third-order valence-corrected chi connectivity index (χ3v) is 6.36. The molecular weight excluding hydrogens is 354 g/mol. The summed E-state index contributed by atoms with van der Waals surface area (Å²) in [6, 6.07) is 4.02. The highest BCUT2D eigenvalue weighted by molar-refractivity contribution is 7.18. The molecule has 3 aromatic rings. The number of hydrogen-bond acceptors (Lipinski definition) is 5. The lowest BCUT2D eigenvalue weighted by Crippen LogP contribution is -2.32. The van der Waals surface area contributed by atoms with Gasteiger partial charge < -0.3 is 4.90 Å². The van der Waals surface area contributed by atoms with E-state index in [0.717, 1.165) is 15.3 Å². The summed E-state index contributed by atoms with van der Waals surface area (Å²) in [5, 5.41) is 2.70. The first-order chi connectivity index (χ1) is 12.0. The number of aryl methyl sites for hydroxylation is 3. The van der Waals surface area contributed by atoms with Crippen LogP contribution in [0.1, 0.15) is 28.7 Å². The highest BCUT2D eigenvalue weighted by atomic mass is 32.1. The fourth-order valence-corrected chi connectivity index (χ4v) is 4.48. The zero-order chi connectivity index (χ0) is 18.0. The minimum Gasteiger partial charge on any atom is -0.338 e. The molecule has 0 atom stereocenters. The highest BCUT2D eigenvalue weighted by Gasteiger charge is 2.15. The van der Waals surface area contributed by atoms with Crippen LogP contribution in [-0.4, -0.2) is 26.9 Å². The molecule has 3 aromatic heterocycles. The second kappa shape index (κ2) is 7.49. The van der Waals surface area contributed by atoms with E-state index in [4.69, 9.17) is 0 Å². The number of carbonyl (C=O) groups is 1. The summed E-state index contributed by atoms with van der Waals surface area (Å²) < 4.78 is 1.55. The number of thiophene rings is 2. The quantitative estimate of drug-likeness (QED) is 0.662. The van der Waals surface area contributed by atoms with E-state index in [2.05, 4.69) is 4.98 Å². The molecule has 0 saturated carbocycles. The number of carbonyl (C=O) groups excluding carboxylic acids is 1. The van der Waals surface area contributed by atoms with Gasteiger partial charge in [0.1, 0.15) is 4.83 Å². The Morgan fingerprint density at radius 1 is 1.36 bits per heavy atom. The lowest BCUT2D eigenvalue weighted by Gasteiger charge is -2.20. The number of fused-ring (bicyclic) bond motifs is 1. The summed E-state index contributed by atoms with van der Waals surface area (Å²) in [6.45, 7) is 7.57. The first-order valence-electron chi connectivity index (χ1n) is 8.26. The van der Waals surface area contributed by atoms with Gasteiger partial charge >= 0.3 is 0 Å². The van der Waals surface area contributed by atoms with Crippen molar-refractivity contribution in [2.45, 2.75) is 40.3 Å². The average Bonchev–Trinajstić information content (AvgIpc) is 3.20. The first-order valence-corrected chi connectivity index (χ1v) is 9.96. The lowest BCUT2D eigenvalue weighted by atomic mass is 10.2. The average molecular weight is 376 g/mol. The van der Waals surface area contributed by atoms with E-state index in [1.54, 1.807) is 22.2 Å². The number of hydrogen-bond donors (Lipinski definition) is 0. The zero-order valence-corrected chi connectivity index (χ0v) is 16.2. The molecule has 0 radical (unpaired) electrons. The Bertz CT molecular complexity index is 941. The molecule has 0 aliphatic rings. The van der Waals surface area contributed by atoms with Gasteiger partial charge in [-0.15, -0.1) is 22.7 Å². The Morgan fingerprint density at radius 3 is 2.84 bits per heavy atom. The smallest absolute Gasteiger partial charge is 0.262 e. The normalized spacial score (nSPS) is 11.2. The van der Waals surface area contributed by atoms with Crippen molar-refractivity contribution in [3.05, 3.63) is 49.5 Å². The Balaban J connectivity index is 1.73. The molecule has 0 aromatic carbocycles. The van der Waals surface area contributed by atoms with Gasteiger partial charge in [-0.25, -0.2) is 4.98 Å². The maximum absolute atomic E-state index is 12.7. The van der Waals surface area contributed by atoms with E-state index in [1.165, 1.54) is 16.2 Å². The second-order valence-corrected chi connectivity index (χ2v) is 8.18. The molecule has 0 bridgehead atoms. The summed E-state index contributed by atoms with van der Waals surface area (Å²) in [7, 11) is 0. The SMILES string of the molecule is CCN(Cc1cccs1)C(=O)CCn1cnc2sc(C)c(C)c2c1=O. The minimum atomic E-state index is -0.0547. The topological polar surface area (TPSA) is 55.2 Å². The van der Waals surface area contributed by atoms with Crippen molar-refractivity contribution in [3.8, 4) is 0 Å². The second-order valence-electron chi connectivity index (χ2n) is 5.94. The van der Waals surface area contributed by atoms with Crippen molar-refractivity contribution < 1.29 is 4.79 Å². The molecule has 132 valence electrons. The van der Waals surface area contributed by atoms with Crippen LogP contribution in [0.3, 0.4) is 0 Å². The summed E-state index contributed by atoms with van der Waals surface area (Å²) in [6.07, 6.45) is 1.86. The molecule has 1 amide bonds. The third-order valence-electron chi connectivity index (χ3n) is 4.38. The van der Waals surface area contributed by atoms with Crippen LogP contribution < -0.4 is 5.56 Å². The fraction of sp³-hybridized carbons (Fsp3) is 0.389. The van der Waals surface area contributed by atoms with Crippen molar-refractivity contribution in [2.24, 2.45) is 0 Å². The van der Waals surface area contributed by atoms with E-state index in [9.17, 15) is 9.59 Å². The highest BCUT2D eigenvalue weighted by Crippen LogP contribution is 2.25. The maximum Gasteiger partial charge on any atom is 0.262 e. The van der Waals surface area contributed by atoms with Crippen molar-refractivity contribution in [1.82, 2.24) is 14.5 Å². The summed E-state index contributed by atoms with van der Waals surface area (Å²) in [5.74, 6) is 0.0566. The van der Waals surface area contributed by atoms with Gasteiger partial charge in [0.2, 0.25) is 5.91 Å². The van der Waals surface area contributed by atoms with Gasteiger partial charge in [0.05, 0.1) is 18.3 Å². The van der Waals surface area contributed by atoms with E-state index in [1.807, 2.05) is 43.2 Å². The molecule has 7 heteroatoms. The van der Waals surface area contributed by atoms with E-state index < -0.39 is 0 Å². The van der Waals surface area contributed by atoms with Gasteiger partial charge in [-0.1, -0.05) is 6.07 Å². The van der Waals surface area contributed by atoms with Crippen LogP contribution >= 0.6 is 22.7 Å². The summed E-state index contributed by atoms with van der Waals surface area (Å²) in [5.41, 5.74) is 0.937. The number of amides is 1. The van der Waals surface area contributed by atoms with Gasteiger partial charge in [0, 0.05) is 29.3 Å².